The molecule has 0 aliphatic carbocycles. The third-order valence-electron chi connectivity index (χ3n) is 3.82. The zero-order valence-electron chi connectivity index (χ0n) is 12.7. The number of hydrogen-bond acceptors (Lipinski definition) is 6. The predicted molar refractivity (Wildman–Crippen MR) is 81.6 cm³/mol. The number of nitrogens with one attached hydrogen (secondary N) is 1. The number of hydrogen-bond donors (Lipinski definition) is 1. The summed E-state index contributed by atoms with van der Waals surface area (Å²) in [7, 11) is 1.70. The van der Waals surface area contributed by atoms with E-state index < -0.39 is 0 Å². The van der Waals surface area contributed by atoms with Crippen LogP contribution in [0.5, 0.6) is 0 Å². The predicted octanol–water partition coefficient (Wildman–Crippen LogP) is 1.44. The van der Waals surface area contributed by atoms with Crippen LogP contribution in [0.4, 0.5) is 5.82 Å². The third-order valence-corrected chi connectivity index (χ3v) is 3.82. The summed E-state index contributed by atoms with van der Waals surface area (Å²) in [6.07, 6.45) is 6.31. The molecule has 1 N–H and O–H groups in total. The zero-order valence-corrected chi connectivity index (χ0v) is 12.7. The average Bonchev–Trinajstić information content (AvgIpc) is 3.23. The Morgan fingerprint density at radius 2 is 2.41 bits per heavy atom. The minimum Gasteiger partial charge on any atom is -0.383 e. The Hall–Kier alpha value is -1.99. The lowest BCUT2D eigenvalue weighted by molar-refractivity contribution is 0.186. The van der Waals surface area contributed by atoms with Crippen LogP contribution in [0.25, 0.3) is 0 Å². The molecule has 22 heavy (non-hydrogen) atoms. The molecule has 0 spiro atoms. The molecular formula is C15H21N5O2. The van der Waals surface area contributed by atoms with Crippen molar-refractivity contribution in [1.29, 1.82) is 0 Å². The first-order chi connectivity index (χ1) is 10.9. The number of nitrogens with zero attached hydrogens (tertiary/aromatic N) is 4. The minimum atomic E-state index is 0.385. The summed E-state index contributed by atoms with van der Waals surface area (Å²) in [5, 5.41) is 3.33. The molecular weight excluding hydrogens is 282 g/mol. The first-order valence-corrected chi connectivity index (χ1v) is 7.48. The van der Waals surface area contributed by atoms with Gasteiger partial charge in [-0.15, -0.1) is 0 Å². The van der Waals surface area contributed by atoms with E-state index in [0.29, 0.717) is 19.1 Å². The summed E-state index contributed by atoms with van der Waals surface area (Å²) >= 11 is 0. The van der Waals surface area contributed by atoms with Crippen molar-refractivity contribution in [3.8, 4) is 0 Å². The summed E-state index contributed by atoms with van der Waals surface area (Å²) < 4.78 is 12.6. The van der Waals surface area contributed by atoms with E-state index in [-0.39, 0.29) is 0 Å². The van der Waals surface area contributed by atoms with Crippen molar-refractivity contribution in [3.05, 3.63) is 36.3 Å². The van der Waals surface area contributed by atoms with Crippen LogP contribution in [0.15, 0.2) is 24.9 Å². The molecule has 3 heterocycles. The van der Waals surface area contributed by atoms with Gasteiger partial charge < -0.3 is 19.4 Å². The van der Waals surface area contributed by atoms with Gasteiger partial charge >= 0.3 is 0 Å². The van der Waals surface area contributed by atoms with Crippen molar-refractivity contribution in [3.63, 3.8) is 0 Å². The summed E-state index contributed by atoms with van der Waals surface area (Å²) in [5.41, 5.74) is 2.14. The van der Waals surface area contributed by atoms with Crippen molar-refractivity contribution >= 4 is 5.82 Å². The highest BCUT2D eigenvalue weighted by atomic mass is 16.5. The maximum Gasteiger partial charge on any atom is 0.129 e. The Balaban J connectivity index is 1.61. The van der Waals surface area contributed by atoms with E-state index in [0.717, 1.165) is 43.4 Å². The summed E-state index contributed by atoms with van der Waals surface area (Å²) in [6, 6.07) is 2.01. The van der Waals surface area contributed by atoms with Gasteiger partial charge in [-0.25, -0.2) is 15.0 Å². The number of anilines is 1. The summed E-state index contributed by atoms with van der Waals surface area (Å²) in [6.45, 7) is 3.70. The van der Waals surface area contributed by atoms with Crippen LogP contribution in [-0.2, 0) is 22.6 Å². The number of methoxy groups -OCH3 is 1. The van der Waals surface area contributed by atoms with Gasteiger partial charge in [-0.2, -0.15) is 0 Å². The van der Waals surface area contributed by atoms with Crippen LogP contribution in [0.2, 0.25) is 0 Å². The molecule has 0 aromatic carbocycles. The highest BCUT2D eigenvalue weighted by Gasteiger charge is 2.19. The molecule has 0 amide bonds. The van der Waals surface area contributed by atoms with Gasteiger partial charge in [0.1, 0.15) is 12.1 Å². The van der Waals surface area contributed by atoms with Gasteiger partial charge in [0.15, 0.2) is 0 Å². The monoisotopic (exact) mass is 303 g/mol. The van der Waals surface area contributed by atoms with Crippen molar-refractivity contribution in [1.82, 2.24) is 19.5 Å². The molecule has 1 fully saturated rings. The molecule has 0 unspecified atom stereocenters. The Kier molecular flexibility index (Phi) is 4.97. The van der Waals surface area contributed by atoms with Crippen LogP contribution < -0.4 is 5.32 Å². The largest absolute Gasteiger partial charge is 0.383 e. The summed E-state index contributed by atoms with van der Waals surface area (Å²) in [4.78, 5) is 12.8. The van der Waals surface area contributed by atoms with E-state index in [1.165, 1.54) is 0 Å². The highest BCUT2D eigenvalue weighted by molar-refractivity contribution is 5.36. The molecule has 7 nitrogen and oxygen atoms in total. The van der Waals surface area contributed by atoms with Crippen LogP contribution in [0.3, 0.4) is 0 Å². The number of ether oxygens (including phenoxy) is 2. The van der Waals surface area contributed by atoms with Gasteiger partial charge in [0.05, 0.1) is 37.5 Å². The highest BCUT2D eigenvalue weighted by Crippen LogP contribution is 2.24. The Morgan fingerprint density at radius 1 is 1.45 bits per heavy atom. The number of rotatable bonds is 7. The van der Waals surface area contributed by atoms with Crippen molar-refractivity contribution < 1.29 is 9.47 Å². The Bertz CT molecular complexity index is 595. The van der Waals surface area contributed by atoms with Crippen molar-refractivity contribution in [2.75, 3.05) is 32.2 Å². The van der Waals surface area contributed by atoms with Crippen LogP contribution in [-0.4, -0.2) is 46.4 Å². The standard InChI is InChI=1S/C15H21N5O2/c1-21-5-3-20-11-16-7-13(20)8-17-15-6-14(18-10-19-15)12-2-4-22-9-12/h6-7,10-12H,2-5,8-9H2,1H3,(H,17,18,19)/t12-/m0/s1. The lowest BCUT2D eigenvalue weighted by Crippen LogP contribution is -2.11. The van der Waals surface area contributed by atoms with Crippen LogP contribution in [0, 0.1) is 0 Å². The van der Waals surface area contributed by atoms with Crippen LogP contribution >= 0.6 is 0 Å². The van der Waals surface area contributed by atoms with E-state index in [4.69, 9.17) is 9.47 Å². The second-order valence-electron chi connectivity index (χ2n) is 5.31. The molecule has 118 valence electrons. The molecule has 1 saturated heterocycles. The lowest BCUT2D eigenvalue weighted by Gasteiger charge is -2.11. The number of aromatic nitrogens is 4. The molecule has 3 rings (SSSR count). The minimum absolute atomic E-state index is 0.385. The molecule has 2 aromatic heterocycles. The van der Waals surface area contributed by atoms with E-state index in [9.17, 15) is 0 Å². The fourth-order valence-electron chi connectivity index (χ4n) is 2.53. The Labute approximate surface area is 129 Å². The van der Waals surface area contributed by atoms with Gasteiger partial charge in [-0.1, -0.05) is 0 Å². The maximum absolute atomic E-state index is 5.42. The fraction of sp³-hybridized carbons (Fsp3) is 0.533. The van der Waals surface area contributed by atoms with Gasteiger partial charge in [0.2, 0.25) is 0 Å². The number of imidazole rings is 1. The van der Waals surface area contributed by atoms with Gasteiger partial charge in [0, 0.05) is 38.4 Å². The molecule has 1 aliphatic rings. The van der Waals surface area contributed by atoms with Gasteiger partial charge in [-0.3, -0.25) is 0 Å². The SMILES string of the molecule is COCCn1cncc1CNc1cc([C@H]2CCOC2)ncn1. The molecule has 0 saturated carbocycles. The molecule has 0 bridgehead atoms. The molecule has 1 aliphatic heterocycles. The first kappa shape index (κ1) is 14.9. The molecule has 7 heteroatoms. The Morgan fingerprint density at radius 3 is 3.23 bits per heavy atom. The van der Waals surface area contributed by atoms with Crippen molar-refractivity contribution in [2.24, 2.45) is 0 Å². The fourth-order valence-corrected chi connectivity index (χ4v) is 2.53. The van der Waals surface area contributed by atoms with Gasteiger partial charge in [0.25, 0.3) is 0 Å². The second kappa shape index (κ2) is 7.33. The summed E-state index contributed by atoms with van der Waals surface area (Å²) in [5.74, 6) is 1.21. The smallest absolute Gasteiger partial charge is 0.129 e. The quantitative estimate of drug-likeness (QED) is 0.834. The molecule has 1 atom stereocenters. The lowest BCUT2D eigenvalue weighted by atomic mass is 10.1. The van der Waals surface area contributed by atoms with E-state index >= 15 is 0 Å². The molecule has 0 radical (unpaired) electrons. The van der Waals surface area contributed by atoms with E-state index in [2.05, 4.69) is 24.8 Å². The van der Waals surface area contributed by atoms with Gasteiger partial charge in [-0.05, 0) is 6.42 Å². The first-order valence-electron chi connectivity index (χ1n) is 7.48. The topological polar surface area (TPSA) is 74.1 Å². The second-order valence-corrected chi connectivity index (χ2v) is 5.31. The zero-order chi connectivity index (χ0) is 15.2. The maximum atomic E-state index is 5.42. The van der Waals surface area contributed by atoms with E-state index in [1.54, 1.807) is 13.4 Å². The average molecular weight is 303 g/mol. The van der Waals surface area contributed by atoms with Crippen molar-refractivity contribution in [2.45, 2.75) is 25.4 Å². The van der Waals surface area contributed by atoms with E-state index in [1.807, 2.05) is 18.6 Å². The normalized spacial score (nSPS) is 17.8. The third kappa shape index (κ3) is 3.61. The molecule has 2 aromatic rings. The van der Waals surface area contributed by atoms with Crippen LogP contribution in [0.1, 0.15) is 23.7 Å².